The van der Waals surface area contributed by atoms with E-state index in [0.717, 1.165) is 5.56 Å². The van der Waals surface area contributed by atoms with E-state index in [0.29, 0.717) is 18.7 Å². The lowest BCUT2D eigenvalue weighted by atomic mass is 9.97. The normalized spacial score (nSPS) is 17.1. The number of ether oxygens (including phenoxy) is 1. The monoisotopic (exact) mass is 490 g/mol. The van der Waals surface area contributed by atoms with Crippen LogP contribution in [0.25, 0.3) is 0 Å². The van der Waals surface area contributed by atoms with Gasteiger partial charge in [0.05, 0.1) is 32.1 Å². The van der Waals surface area contributed by atoms with Crippen LogP contribution >= 0.6 is 0 Å². The van der Waals surface area contributed by atoms with Gasteiger partial charge in [-0.15, -0.1) is 0 Å². The van der Waals surface area contributed by atoms with Crippen molar-refractivity contribution in [2.24, 2.45) is 11.8 Å². The van der Waals surface area contributed by atoms with Gasteiger partial charge >= 0.3 is 6.03 Å². The predicted octanol–water partition coefficient (Wildman–Crippen LogP) is 1.21. The molecule has 1 aliphatic rings. The molecule has 1 heterocycles. The standard InChI is InChI=1S/C25H38N4O6/c1-15(2)10-19(26-22(31)11-17-6-8-18(35-5)9-7-17)21(30)14-29(13-16(3)4)23(32)12-20-24(33)28-25(34)27-20/h6-9,15-16,19-21,30H,10-14H2,1-5H3,(H,26,31)(H2,27,28,33,34). The van der Waals surface area contributed by atoms with Crippen molar-refractivity contribution in [3.8, 4) is 5.75 Å². The Bertz CT molecular complexity index is 886. The SMILES string of the molecule is COc1ccc(CC(=O)NC(CC(C)C)C(O)CN(CC(C)C)C(=O)CC2NC(=O)NC2=O)cc1. The van der Waals surface area contributed by atoms with E-state index in [1.54, 1.807) is 19.2 Å². The Morgan fingerprint density at radius 2 is 1.74 bits per heavy atom. The molecule has 4 N–H and O–H groups in total. The summed E-state index contributed by atoms with van der Waals surface area (Å²) in [5.74, 6) is -0.113. The molecule has 0 saturated carbocycles. The molecule has 0 aliphatic carbocycles. The number of aliphatic hydroxyl groups is 1. The van der Waals surface area contributed by atoms with Crippen LogP contribution in [0.2, 0.25) is 0 Å². The number of amides is 5. The molecule has 0 spiro atoms. The maximum atomic E-state index is 13.0. The lowest BCUT2D eigenvalue weighted by molar-refractivity contribution is -0.136. The molecule has 5 amide bonds. The minimum absolute atomic E-state index is 0.000495. The Morgan fingerprint density at radius 3 is 2.26 bits per heavy atom. The van der Waals surface area contributed by atoms with Gasteiger partial charge in [-0.1, -0.05) is 39.8 Å². The molecule has 194 valence electrons. The van der Waals surface area contributed by atoms with Gasteiger partial charge in [0.15, 0.2) is 0 Å². The molecule has 35 heavy (non-hydrogen) atoms. The molecular formula is C25H38N4O6. The zero-order chi connectivity index (χ0) is 26.1. The molecule has 1 fully saturated rings. The zero-order valence-electron chi connectivity index (χ0n) is 21.2. The maximum absolute atomic E-state index is 13.0. The number of nitrogens with one attached hydrogen (secondary N) is 3. The van der Waals surface area contributed by atoms with E-state index < -0.39 is 30.1 Å². The van der Waals surface area contributed by atoms with Crippen LogP contribution in [0.15, 0.2) is 24.3 Å². The molecule has 0 radical (unpaired) electrons. The first-order valence-electron chi connectivity index (χ1n) is 12.0. The van der Waals surface area contributed by atoms with Crippen molar-refractivity contribution >= 4 is 23.8 Å². The van der Waals surface area contributed by atoms with Crippen LogP contribution in [-0.4, -0.2) is 72.1 Å². The van der Waals surface area contributed by atoms with Gasteiger partial charge in [0, 0.05) is 13.1 Å². The number of methoxy groups -OCH3 is 1. The van der Waals surface area contributed by atoms with Crippen LogP contribution in [-0.2, 0) is 20.8 Å². The highest BCUT2D eigenvalue weighted by Crippen LogP contribution is 2.15. The second-order valence-corrected chi connectivity index (χ2v) is 9.81. The third kappa shape index (κ3) is 9.20. The number of hydrogen-bond acceptors (Lipinski definition) is 6. The quantitative estimate of drug-likeness (QED) is 0.307. The highest BCUT2D eigenvalue weighted by atomic mass is 16.5. The third-order valence-electron chi connectivity index (χ3n) is 5.64. The molecule has 0 bridgehead atoms. The lowest BCUT2D eigenvalue weighted by Crippen LogP contribution is -2.51. The van der Waals surface area contributed by atoms with Gasteiger partial charge in [0.1, 0.15) is 11.8 Å². The summed E-state index contributed by atoms with van der Waals surface area (Å²) < 4.78 is 5.14. The van der Waals surface area contributed by atoms with Gasteiger partial charge in [-0.2, -0.15) is 0 Å². The molecule has 10 heteroatoms. The van der Waals surface area contributed by atoms with E-state index in [9.17, 15) is 24.3 Å². The number of carbonyl (C=O) groups excluding carboxylic acids is 4. The zero-order valence-corrected chi connectivity index (χ0v) is 21.2. The van der Waals surface area contributed by atoms with Crippen molar-refractivity contribution in [3.05, 3.63) is 29.8 Å². The van der Waals surface area contributed by atoms with E-state index in [1.165, 1.54) is 4.90 Å². The summed E-state index contributed by atoms with van der Waals surface area (Å²) in [5, 5.41) is 18.5. The average molecular weight is 491 g/mol. The van der Waals surface area contributed by atoms with Gasteiger partial charge in [-0.05, 0) is 36.0 Å². The fraction of sp³-hybridized carbons (Fsp3) is 0.600. The highest BCUT2D eigenvalue weighted by Gasteiger charge is 2.34. The summed E-state index contributed by atoms with van der Waals surface area (Å²) in [5.41, 5.74) is 0.814. The summed E-state index contributed by atoms with van der Waals surface area (Å²) in [6.07, 6.45) is -0.529. The number of benzene rings is 1. The molecule has 1 saturated heterocycles. The molecule has 1 aromatic carbocycles. The summed E-state index contributed by atoms with van der Waals surface area (Å²) >= 11 is 0. The summed E-state index contributed by atoms with van der Waals surface area (Å²) in [7, 11) is 1.57. The van der Waals surface area contributed by atoms with Crippen LogP contribution in [0, 0.1) is 11.8 Å². The highest BCUT2D eigenvalue weighted by molar-refractivity contribution is 6.05. The van der Waals surface area contributed by atoms with Gasteiger partial charge < -0.3 is 25.4 Å². The summed E-state index contributed by atoms with van der Waals surface area (Å²) in [6, 6.07) is 5.08. The fourth-order valence-electron chi connectivity index (χ4n) is 3.98. The van der Waals surface area contributed by atoms with Crippen molar-refractivity contribution in [3.63, 3.8) is 0 Å². The van der Waals surface area contributed by atoms with Crippen LogP contribution in [0.1, 0.15) is 46.1 Å². The molecular weight excluding hydrogens is 452 g/mol. The van der Waals surface area contributed by atoms with Crippen molar-refractivity contribution in [2.75, 3.05) is 20.2 Å². The third-order valence-corrected chi connectivity index (χ3v) is 5.64. The van der Waals surface area contributed by atoms with E-state index in [1.807, 2.05) is 39.8 Å². The van der Waals surface area contributed by atoms with Gasteiger partial charge in [0.2, 0.25) is 11.8 Å². The van der Waals surface area contributed by atoms with E-state index in [4.69, 9.17) is 4.74 Å². The first kappa shape index (κ1) is 28.1. The Balaban J connectivity index is 2.05. The molecule has 2 rings (SSSR count). The number of hydrogen-bond donors (Lipinski definition) is 4. The largest absolute Gasteiger partial charge is 0.497 e. The number of rotatable bonds is 13. The lowest BCUT2D eigenvalue weighted by Gasteiger charge is -2.32. The molecule has 1 aliphatic heterocycles. The number of aliphatic hydroxyl groups excluding tert-OH is 1. The molecule has 3 unspecified atom stereocenters. The van der Waals surface area contributed by atoms with Crippen LogP contribution < -0.4 is 20.7 Å². The second-order valence-electron chi connectivity index (χ2n) is 9.81. The maximum Gasteiger partial charge on any atom is 0.322 e. The van der Waals surface area contributed by atoms with E-state index in [-0.39, 0.29) is 43.0 Å². The van der Waals surface area contributed by atoms with Crippen LogP contribution in [0.5, 0.6) is 5.75 Å². The van der Waals surface area contributed by atoms with Crippen LogP contribution in [0.3, 0.4) is 0 Å². The van der Waals surface area contributed by atoms with E-state index in [2.05, 4.69) is 16.0 Å². The van der Waals surface area contributed by atoms with Crippen LogP contribution in [0.4, 0.5) is 4.79 Å². The average Bonchev–Trinajstić information content (AvgIpc) is 3.08. The molecule has 1 aromatic rings. The molecule has 10 nitrogen and oxygen atoms in total. The van der Waals surface area contributed by atoms with Gasteiger partial charge in [-0.25, -0.2) is 4.79 Å². The summed E-state index contributed by atoms with van der Waals surface area (Å²) in [4.78, 5) is 50.4. The topological polar surface area (TPSA) is 137 Å². The van der Waals surface area contributed by atoms with Crippen molar-refractivity contribution in [1.29, 1.82) is 0 Å². The number of urea groups is 1. The van der Waals surface area contributed by atoms with Crippen molar-refractivity contribution in [2.45, 2.75) is 65.1 Å². The smallest absolute Gasteiger partial charge is 0.322 e. The molecule has 0 aromatic heterocycles. The Morgan fingerprint density at radius 1 is 1.09 bits per heavy atom. The minimum atomic E-state index is -1.01. The first-order chi connectivity index (χ1) is 16.5. The fourth-order valence-corrected chi connectivity index (χ4v) is 3.98. The van der Waals surface area contributed by atoms with Crippen molar-refractivity contribution in [1.82, 2.24) is 20.9 Å². The summed E-state index contributed by atoms with van der Waals surface area (Å²) in [6.45, 7) is 8.24. The van der Waals surface area contributed by atoms with Crippen molar-refractivity contribution < 1.29 is 29.0 Å². The van der Waals surface area contributed by atoms with Gasteiger partial charge in [-0.3, -0.25) is 19.7 Å². The number of imide groups is 1. The second kappa shape index (κ2) is 13.1. The minimum Gasteiger partial charge on any atom is -0.497 e. The predicted molar refractivity (Wildman–Crippen MR) is 131 cm³/mol. The Labute approximate surface area is 206 Å². The van der Waals surface area contributed by atoms with E-state index >= 15 is 0 Å². The number of carbonyl (C=O) groups is 4. The Hall–Kier alpha value is -3.14. The van der Waals surface area contributed by atoms with Gasteiger partial charge in [0.25, 0.3) is 5.91 Å². The Kier molecular flexibility index (Phi) is 10.5. The number of nitrogens with zero attached hydrogens (tertiary/aromatic N) is 1. The first-order valence-corrected chi connectivity index (χ1v) is 12.0. The molecule has 3 atom stereocenters.